The van der Waals surface area contributed by atoms with Crippen molar-refractivity contribution < 1.29 is 44.1 Å². The van der Waals surface area contributed by atoms with Crippen molar-refractivity contribution >= 4 is 73.6 Å². The fourth-order valence-corrected chi connectivity index (χ4v) is 0. The summed E-state index contributed by atoms with van der Waals surface area (Å²) in [6.07, 6.45) is 0. The van der Waals surface area contributed by atoms with Gasteiger partial charge in [-0.2, -0.15) is 0 Å². The van der Waals surface area contributed by atoms with E-state index < -0.39 is 22.2 Å². The van der Waals surface area contributed by atoms with Crippen LogP contribution in [0.5, 0.6) is 0 Å². The third kappa shape index (κ3) is 200. The molecule has 0 aliphatic rings. The molecule has 0 amide bonds. The van der Waals surface area contributed by atoms with Gasteiger partial charge < -0.3 is 24.6 Å². The van der Waals surface area contributed by atoms with Crippen LogP contribution in [0.25, 0.3) is 0 Å². The Labute approximate surface area is 115 Å². The standard InChI is InChI=1S/2FO2S.K.Ru/c2*1-4(2)3;;/q2*-1;;+2. The minimum atomic E-state index is -3.36. The van der Waals surface area contributed by atoms with E-state index >= 15 is 0 Å². The average molecular weight is 306 g/mol. The Hall–Kier alpha value is 2.02. The van der Waals surface area contributed by atoms with Crippen LogP contribution in [-0.4, -0.2) is 51.4 Å². The summed E-state index contributed by atoms with van der Waals surface area (Å²) >= 11 is -6.72. The van der Waals surface area contributed by atoms with Crippen LogP contribution in [-0.2, 0) is 58.5 Å². The summed E-state index contributed by atoms with van der Waals surface area (Å²) in [4.78, 5) is 0. The van der Waals surface area contributed by atoms with Gasteiger partial charge in [0, 0.05) is 51.4 Å². The Morgan fingerprint density at radius 2 is 0.800 bits per heavy atom. The van der Waals surface area contributed by atoms with E-state index in [1.54, 1.807) is 0 Å². The van der Waals surface area contributed by atoms with E-state index in [4.69, 9.17) is 16.8 Å². The zero-order valence-corrected chi connectivity index (χ0v) is 11.1. The van der Waals surface area contributed by atoms with Gasteiger partial charge in [0.1, 0.15) is 0 Å². The molecule has 0 saturated carbocycles. The van der Waals surface area contributed by atoms with Gasteiger partial charge in [-0.05, 0) is 0 Å². The topological polar surface area (TPSA) is 68.3 Å². The summed E-state index contributed by atoms with van der Waals surface area (Å²) in [5.41, 5.74) is 0. The van der Waals surface area contributed by atoms with E-state index in [-0.39, 0.29) is 70.9 Å². The summed E-state index contributed by atoms with van der Waals surface area (Å²) in [5.74, 6) is 0. The van der Waals surface area contributed by atoms with Crippen molar-refractivity contribution in [1.29, 1.82) is 0 Å². The third-order valence-electron chi connectivity index (χ3n) is 0. The first kappa shape index (κ1) is 22.7. The molecule has 0 aromatic heterocycles. The Morgan fingerprint density at radius 3 is 0.800 bits per heavy atom. The first-order valence-corrected chi connectivity index (χ1v) is 2.93. The van der Waals surface area contributed by atoms with Gasteiger partial charge in [0.25, 0.3) is 0 Å². The molecule has 10 heteroatoms. The van der Waals surface area contributed by atoms with Gasteiger partial charge in [0.2, 0.25) is 0 Å². The molecular weight excluding hydrogens is 306 g/mol. The molecule has 0 aliphatic carbocycles. The number of halogens is 2. The molecule has 0 atom stereocenters. The minimum absolute atomic E-state index is 0. The van der Waals surface area contributed by atoms with Gasteiger partial charge >= 0.3 is 19.5 Å². The summed E-state index contributed by atoms with van der Waals surface area (Å²) < 4.78 is 53.2. The van der Waals surface area contributed by atoms with Gasteiger partial charge in [-0.15, -0.1) is 0 Å². The van der Waals surface area contributed by atoms with Crippen LogP contribution in [0.4, 0.5) is 7.77 Å². The van der Waals surface area contributed by atoms with Gasteiger partial charge in [-0.3, -0.25) is 0 Å². The Balaban J connectivity index is -0.0000000300. The maximum atomic E-state index is 9.92. The van der Waals surface area contributed by atoms with E-state index in [9.17, 15) is 7.77 Å². The van der Waals surface area contributed by atoms with Crippen LogP contribution in [0.1, 0.15) is 0 Å². The van der Waals surface area contributed by atoms with E-state index in [0.29, 0.717) is 0 Å². The molecule has 10 heavy (non-hydrogen) atoms. The molecule has 0 N–H and O–H groups in total. The zero-order chi connectivity index (χ0) is 7.15. The molecule has 1 radical (unpaired) electrons. The summed E-state index contributed by atoms with van der Waals surface area (Å²) in [6, 6.07) is 0. The molecule has 0 saturated heterocycles. The molecule has 0 fully saturated rings. The molecule has 0 bridgehead atoms. The predicted molar refractivity (Wildman–Crippen MR) is 25.4 cm³/mol. The van der Waals surface area contributed by atoms with Gasteiger partial charge in [0.05, 0.1) is 22.2 Å². The van der Waals surface area contributed by atoms with Gasteiger partial charge in [-0.1, -0.05) is 0 Å². The number of hydrogen-bond donors (Lipinski definition) is 0. The first-order chi connectivity index (χ1) is 3.46. The van der Waals surface area contributed by atoms with Crippen molar-refractivity contribution in [3.8, 4) is 0 Å². The second-order valence-corrected chi connectivity index (χ2v) is 1.16. The Kier molecular flexibility index (Phi) is 39.0. The molecule has 0 rings (SSSR count). The maximum Gasteiger partial charge on any atom is 2.00 e. The molecule has 0 aliphatic heterocycles. The zero-order valence-electron chi connectivity index (χ0n) is 4.56. The molecule has 0 heterocycles. The normalized spacial score (nSPS) is 6.80. The molecule has 0 unspecified atom stereocenters. The average Bonchev–Trinajstić information content (AvgIpc) is 1.25. The quantitative estimate of drug-likeness (QED) is 0.358. The monoisotopic (exact) mass is 307 g/mol. The minimum Gasteiger partial charge on any atom is -0.392 e. The van der Waals surface area contributed by atoms with Crippen molar-refractivity contribution in [3.05, 3.63) is 0 Å². The van der Waals surface area contributed by atoms with Crippen LogP contribution in [0.3, 0.4) is 0 Å². The second-order valence-electron chi connectivity index (χ2n) is 0.388. The fraction of sp³-hybridized carbons (Fsp3) is 0. The SMILES string of the molecule is O=[S-](=O)F.O=[S-](=O)F.[K].[Ru+2]. The van der Waals surface area contributed by atoms with E-state index in [2.05, 4.69) is 0 Å². The van der Waals surface area contributed by atoms with Crippen molar-refractivity contribution in [2.45, 2.75) is 0 Å². The van der Waals surface area contributed by atoms with Crippen LogP contribution < -0.4 is 0 Å². The maximum absolute atomic E-state index is 9.92. The van der Waals surface area contributed by atoms with E-state index in [0.717, 1.165) is 0 Å². The molecule has 4 nitrogen and oxygen atoms in total. The summed E-state index contributed by atoms with van der Waals surface area (Å²) in [6.45, 7) is 0. The Bertz CT molecular complexity index is 138. The molecule has 0 spiro atoms. The van der Waals surface area contributed by atoms with Crippen molar-refractivity contribution in [1.82, 2.24) is 0 Å². The molecule has 0 aromatic carbocycles. The fourth-order valence-electron chi connectivity index (χ4n) is 0. The second kappa shape index (κ2) is 17.2. The van der Waals surface area contributed by atoms with Crippen LogP contribution >= 0.6 is 0 Å². The van der Waals surface area contributed by atoms with Crippen molar-refractivity contribution in [2.75, 3.05) is 0 Å². The van der Waals surface area contributed by atoms with E-state index in [1.165, 1.54) is 0 Å². The van der Waals surface area contributed by atoms with Gasteiger partial charge in [0.15, 0.2) is 0 Å². The number of hydrogen-bond acceptors (Lipinski definition) is 6. The Morgan fingerprint density at radius 1 is 0.800 bits per heavy atom. The third-order valence-corrected chi connectivity index (χ3v) is 0. The molecule has 59 valence electrons. The van der Waals surface area contributed by atoms with Gasteiger partial charge in [-0.25, -0.2) is 0 Å². The predicted octanol–water partition coefficient (Wildman–Crippen LogP) is -0.0229. The molecular formula is F2KO4RuS2. The summed E-state index contributed by atoms with van der Waals surface area (Å²) in [7, 11) is 0. The summed E-state index contributed by atoms with van der Waals surface area (Å²) in [5, 5.41) is 0. The first-order valence-electron chi connectivity index (χ1n) is 0.975. The largest absolute Gasteiger partial charge is 2.00 e. The van der Waals surface area contributed by atoms with Crippen LogP contribution in [0.15, 0.2) is 0 Å². The van der Waals surface area contributed by atoms with Crippen molar-refractivity contribution in [3.63, 3.8) is 0 Å². The van der Waals surface area contributed by atoms with Crippen LogP contribution in [0.2, 0.25) is 0 Å². The molecule has 0 aromatic rings. The van der Waals surface area contributed by atoms with Crippen LogP contribution in [0, 0.1) is 0 Å². The number of rotatable bonds is 0. The van der Waals surface area contributed by atoms with E-state index in [1.807, 2.05) is 0 Å². The smallest absolute Gasteiger partial charge is 0.392 e. The van der Waals surface area contributed by atoms with Crippen molar-refractivity contribution in [2.24, 2.45) is 0 Å².